The lowest BCUT2D eigenvalue weighted by molar-refractivity contribution is 0.444. The van der Waals surface area contributed by atoms with Crippen LogP contribution in [-0.4, -0.2) is 0 Å². The molecule has 0 bridgehead atoms. The zero-order chi connectivity index (χ0) is 10.7. The Morgan fingerprint density at radius 1 is 1.00 bits per heavy atom. The number of aryl methyl sites for hydroxylation is 1. The van der Waals surface area contributed by atoms with Crippen molar-refractivity contribution >= 4 is 0 Å². The second kappa shape index (κ2) is 4.61. The summed E-state index contributed by atoms with van der Waals surface area (Å²) >= 11 is 0. The lowest BCUT2D eigenvalue weighted by Crippen LogP contribution is -2.03. The van der Waals surface area contributed by atoms with Crippen LogP contribution in [0.15, 0.2) is 29.1 Å². The zero-order valence-electron chi connectivity index (χ0n) is 9.33. The van der Waals surface area contributed by atoms with Gasteiger partial charge in [0.05, 0.1) is 0 Å². The summed E-state index contributed by atoms with van der Waals surface area (Å²) in [4.78, 5) is 11.5. The fraction of sp³-hybridized carbons (Fsp3) is 0.500. The van der Waals surface area contributed by atoms with Gasteiger partial charge in [0.15, 0.2) is 5.43 Å². The average molecular weight is 202 g/mol. The van der Waals surface area contributed by atoms with Crippen molar-refractivity contribution in [3.8, 4) is 0 Å². The first-order valence-electron chi connectivity index (χ1n) is 5.88. The Balaban J connectivity index is 2.29. The summed E-state index contributed by atoms with van der Waals surface area (Å²) in [6, 6.07) is 7.84. The predicted octanol–water partition coefficient (Wildman–Crippen LogP) is 3.40. The minimum Gasteiger partial charge on any atom is -0.290 e. The van der Waals surface area contributed by atoms with E-state index in [4.69, 9.17) is 0 Å². The van der Waals surface area contributed by atoms with Gasteiger partial charge in [0, 0.05) is 0 Å². The first-order valence-corrected chi connectivity index (χ1v) is 5.88. The molecule has 0 aromatic heterocycles. The normalized spacial score (nSPS) is 17.7. The van der Waals surface area contributed by atoms with Gasteiger partial charge in [0.25, 0.3) is 0 Å². The molecule has 1 aromatic carbocycles. The van der Waals surface area contributed by atoms with E-state index in [0.717, 1.165) is 5.56 Å². The summed E-state index contributed by atoms with van der Waals surface area (Å²) in [5.74, 6) is 0.685. The minimum atomic E-state index is 0.150. The quantitative estimate of drug-likeness (QED) is 0.682. The third kappa shape index (κ3) is 2.47. The minimum absolute atomic E-state index is 0.150. The first-order chi connectivity index (χ1) is 7.27. The van der Waals surface area contributed by atoms with E-state index < -0.39 is 0 Å². The van der Waals surface area contributed by atoms with E-state index >= 15 is 0 Å². The van der Waals surface area contributed by atoms with E-state index in [0.29, 0.717) is 5.92 Å². The molecule has 80 valence electrons. The van der Waals surface area contributed by atoms with Crippen LogP contribution in [-0.2, 0) is 0 Å². The van der Waals surface area contributed by atoms with Crippen LogP contribution in [0.25, 0.3) is 0 Å². The van der Waals surface area contributed by atoms with Gasteiger partial charge in [0.2, 0.25) is 0 Å². The lowest BCUT2D eigenvalue weighted by Gasteiger charge is -2.21. The highest BCUT2D eigenvalue weighted by Crippen LogP contribution is 2.31. The van der Waals surface area contributed by atoms with Gasteiger partial charge in [-0.2, -0.15) is 0 Å². The second-order valence-electron chi connectivity index (χ2n) is 4.55. The zero-order valence-corrected chi connectivity index (χ0v) is 9.33. The maximum atomic E-state index is 11.5. The Labute approximate surface area is 91.2 Å². The molecule has 0 saturated heterocycles. The second-order valence-corrected chi connectivity index (χ2v) is 4.55. The number of rotatable bonds is 1. The molecule has 15 heavy (non-hydrogen) atoms. The van der Waals surface area contributed by atoms with E-state index in [1.165, 1.54) is 37.7 Å². The van der Waals surface area contributed by atoms with Crippen LogP contribution >= 0.6 is 0 Å². The predicted molar refractivity (Wildman–Crippen MR) is 63.3 cm³/mol. The molecule has 1 nitrogen and oxygen atoms in total. The van der Waals surface area contributed by atoms with Crippen molar-refractivity contribution in [3.63, 3.8) is 0 Å². The fourth-order valence-corrected chi connectivity index (χ4v) is 2.37. The van der Waals surface area contributed by atoms with Gasteiger partial charge in [-0.25, -0.2) is 0 Å². The molecular weight excluding hydrogens is 184 g/mol. The van der Waals surface area contributed by atoms with E-state index in [1.54, 1.807) is 6.07 Å². The highest BCUT2D eigenvalue weighted by molar-refractivity contribution is 5.22. The van der Waals surface area contributed by atoms with E-state index in [-0.39, 0.29) is 5.43 Å². The molecule has 2 rings (SSSR count). The van der Waals surface area contributed by atoms with Crippen LogP contribution in [0.1, 0.15) is 49.1 Å². The molecule has 0 heterocycles. The van der Waals surface area contributed by atoms with E-state index in [2.05, 4.69) is 6.07 Å². The Hall–Kier alpha value is -1.11. The van der Waals surface area contributed by atoms with Crippen LogP contribution in [0.2, 0.25) is 0 Å². The van der Waals surface area contributed by atoms with Crippen LogP contribution in [0.5, 0.6) is 0 Å². The monoisotopic (exact) mass is 202 g/mol. The Morgan fingerprint density at radius 2 is 1.67 bits per heavy atom. The molecule has 1 aromatic rings. The topological polar surface area (TPSA) is 17.1 Å². The standard InChI is InChI=1S/C14H18O/c1-11-7-8-13(9-10-14(11)15)12-5-3-2-4-6-12/h7-10,12H,2-6H2,1H3. The molecule has 1 heteroatoms. The van der Waals surface area contributed by atoms with Crippen molar-refractivity contribution < 1.29 is 0 Å². The third-order valence-corrected chi connectivity index (χ3v) is 3.42. The summed E-state index contributed by atoms with van der Waals surface area (Å²) < 4.78 is 0. The van der Waals surface area contributed by atoms with Crippen LogP contribution < -0.4 is 5.43 Å². The summed E-state index contributed by atoms with van der Waals surface area (Å²) in [6.45, 7) is 1.88. The fourth-order valence-electron chi connectivity index (χ4n) is 2.37. The molecule has 1 saturated carbocycles. The van der Waals surface area contributed by atoms with Crippen molar-refractivity contribution in [1.29, 1.82) is 0 Å². The van der Waals surface area contributed by atoms with Crippen molar-refractivity contribution in [2.75, 3.05) is 0 Å². The van der Waals surface area contributed by atoms with Crippen LogP contribution in [0.4, 0.5) is 0 Å². The van der Waals surface area contributed by atoms with Gasteiger partial charge >= 0.3 is 0 Å². The Morgan fingerprint density at radius 3 is 2.40 bits per heavy atom. The highest BCUT2D eigenvalue weighted by Gasteiger charge is 2.14. The lowest BCUT2D eigenvalue weighted by atomic mass is 9.85. The summed E-state index contributed by atoms with van der Waals surface area (Å²) in [5, 5.41) is 0. The van der Waals surface area contributed by atoms with E-state index in [9.17, 15) is 4.79 Å². The average Bonchev–Trinajstić information content (AvgIpc) is 2.44. The van der Waals surface area contributed by atoms with Gasteiger partial charge in [-0.1, -0.05) is 37.5 Å². The molecule has 0 amide bonds. The first kappa shape index (κ1) is 10.4. The van der Waals surface area contributed by atoms with Crippen molar-refractivity contribution in [3.05, 3.63) is 45.6 Å². The third-order valence-electron chi connectivity index (χ3n) is 3.42. The maximum absolute atomic E-state index is 11.5. The van der Waals surface area contributed by atoms with Gasteiger partial charge in [-0.3, -0.25) is 4.79 Å². The molecular formula is C14H18O. The number of hydrogen-bond donors (Lipinski definition) is 0. The molecule has 1 fully saturated rings. The molecule has 0 radical (unpaired) electrons. The number of hydrogen-bond acceptors (Lipinski definition) is 1. The smallest absolute Gasteiger partial charge is 0.181 e. The highest BCUT2D eigenvalue weighted by atomic mass is 16.1. The van der Waals surface area contributed by atoms with Gasteiger partial charge in [-0.05, 0) is 42.9 Å². The van der Waals surface area contributed by atoms with E-state index in [1.807, 2.05) is 19.1 Å². The summed E-state index contributed by atoms with van der Waals surface area (Å²) in [5.41, 5.74) is 2.34. The Bertz CT molecular complexity index is 389. The van der Waals surface area contributed by atoms with Crippen molar-refractivity contribution in [2.24, 2.45) is 0 Å². The molecule has 0 spiro atoms. The molecule has 1 aliphatic carbocycles. The molecule has 0 unspecified atom stereocenters. The molecule has 0 N–H and O–H groups in total. The van der Waals surface area contributed by atoms with Gasteiger partial charge in [-0.15, -0.1) is 0 Å². The largest absolute Gasteiger partial charge is 0.290 e. The van der Waals surface area contributed by atoms with Crippen molar-refractivity contribution in [2.45, 2.75) is 44.9 Å². The molecule has 0 aliphatic heterocycles. The summed E-state index contributed by atoms with van der Waals surface area (Å²) in [6.07, 6.45) is 6.63. The summed E-state index contributed by atoms with van der Waals surface area (Å²) in [7, 11) is 0. The van der Waals surface area contributed by atoms with Gasteiger partial charge in [0.1, 0.15) is 0 Å². The van der Waals surface area contributed by atoms with Crippen LogP contribution in [0.3, 0.4) is 0 Å². The molecule has 0 atom stereocenters. The maximum Gasteiger partial charge on any atom is 0.181 e. The SMILES string of the molecule is Cc1ccc(C2CCCCC2)ccc1=O. The molecule has 1 aliphatic rings. The van der Waals surface area contributed by atoms with Crippen molar-refractivity contribution in [1.82, 2.24) is 0 Å². The van der Waals surface area contributed by atoms with Gasteiger partial charge < -0.3 is 0 Å². The Kier molecular flexibility index (Phi) is 3.20. The van der Waals surface area contributed by atoms with Crippen LogP contribution in [0, 0.1) is 6.92 Å².